The molecule has 1 aromatic heterocycles. The van der Waals surface area contributed by atoms with Gasteiger partial charge in [-0.25, -0.2) is 4.98 Å². The highest BCUT2D eigenvalue weighted by molar-refractivity contribution is 5.69. The number of unbranched alkanes of at least 4 members (excludes halogenated alkanes) is 1. The molecule has 6 nitrogen and oxygen atoms in total. The van der Waals surface area contributed by atoms with Gasteiger partial charge in [-0.15, -0.1) is 0 Å². The topological polar surface area (TPSA) is 48.8 Å². The molecule has 4 aromatic carbocycles. The Morgan fingerprint density at radius 1 is 0.822 bits per heavy atom. The molecular weight excluding hydrogens is 572 g/mol. The average molecular weight is 610 g/mol. The Labute approximate surface area is 262 Å². The Morgan fingerprint density at radius 3 is 2.16 bits per heavy atom. The van der Waals surface area contributed by atoms with Crippen LogP contribution in [-0.4, -0.2) is 27.9 Å². The van der Waals surface area contributed by atoms with Crippen molar-refractivity contribution in [3.63, 3.8) is 0 Å². The van der Waals surface area contributed by atoms with Crippen molar-refractivity contribution in [1.82, 2.24) is 14.5 Å². The molecule has 0 fully saturated rings. The molecule has 2 heterocycles. The van der Waals surface area contributed by atoms with Crippen molar-refractivity contribution in [2.24, 2.45) is 0 Å². The molecular formula is C37H37F2N3O3. The fourth-order valence-electron chi connectivity index (χ4n) is 5.83. The maximum atomic E-state index is 12.8. The average Bonchev–Trinajstić information content (AvgIpc) is 3.69. The fourth-order valence-corrected chi connectivity index (χ4v) is 5.83. The molecule has 0 amide bonds. The molecule has 5 aromatic rings. The van der Waals surface area contributed by atoms with Crippen molar-refractivity contribution in [2.45, 2.75) is 59.0 Å². The zero-order valence-electron chi connectivity index (χ0n) is 25.5. The quantitative estimate of drug-likeness (QED) is 0.133. The molecule has 232 valence electrons. The van der Waals surface area contributed by atoms with Gasteiger partial charge < -0.3 is 18.8 Å². The predicted octanol–water partition coefficient (Wildman–Crippen LogP) is 9.11. The molecule has 6 rings (SSSR count). The monoisotopic (exact) mass is 609 g/mol. The molecule has 1 aliphatic rings. The lowest BCUT2D eigenvalue weighted by molar-refractivity contribution is -0.0498. The number of alkyl halides is 2. The fraction of sp³-hybridized carbons (Fsp3) is 0.270. The number of nitrogens with zero attached hydrogens (tertiary/aromatic N) is 3. The lowest BCUT2D eigenvalue weighted by Crippen LogP contribution is -2.28. The van der Waals surface area contributed by atoms with Gasteiger partial charge in [-0.1, -0.05) is 92.2 Å². The van der Waals surface area contributed by atoms with Crippen LogP contribution in [0.1, 0.15) is 49.6 Å². The van der Waals surface area contributed by atoms with Gasteiger partial charge in [-0.05, 0) is 48.7 Å². The van der Waals surface area contributed by atoms with Gasteiger partial charge >= 0.3 is 6.61 Å². The van der Waals surface area contributed by atoms with Crippen LogP contribution >= 0.6 is 0 Å². The second kappa shape index (κ2) is 13.9. The summed E-state index contributed by atoms with van der Waals surface area (Å²) in [7, 11) is 0. The van der Waals surface area contributed by atoms with Crippen LogP contribution in [0.2, 0.25) is 0 Å². The number of imidazole rings is 1. The SMILES string of the molecule is CCCCn1c(-c2ccccc2)nc(-c2ccccc2)c1[C@@H](C)N(Cc1ccc(OC(F)F)cc1)Cc1ccc2c(c1)OCO2. The van der Waals surface area contributed by atoms with Crippen LogP contribution in [0.3, 0.4) is 0 Å². The van der Waals surface area contributed by atoms with E-state index in [1.165, 1.54) is 0 Å². The summed E-state index contributed by atoms with van der Waals surface area (Å²) < 4.78 is 43.9. The van der Waals surface area contributed by atoms with Gasteiger partial charge in [0.2, 0.25) is 6.79 Å². The first-order valence-electron chi connectivity index (χ1n) is 15.4. The second-order valence-electron chi connectivity index (χ2n) is 11.2. The van der Waals surface area contributed by atoms with E-state index in [1.54, 1.807) is 12.1 Å². The number of benzene rings is 4. The maximum absolute atomic E-state index is 12.8. The molecule has 45 heavy (non-hydrogen) atoms. The predicted molar refractivity (Wildman–Crippen MR) is 171 cm³/mol. The molecule has 0 N–H and O–H groups in total. The summed E-state index contributed by atoms with van der Waals surface area (Å²) in [6, 6.07) is 33.5. The highest BCUT2D eigenvalue weighted by atomic mass is 19.3. The molecule has 1 aliphatic heterocycles. The smallest absolute Gasteiger partial charge is 0.387 e. The van der Waals surface area contributed by atoms with Crippen molar-refractivity contribution in [2.75, 3.05) is 6.79 Å². The number of fused-ring (bicyclic) bond motifs is 1. The normalized spacial score (nSPS) is 13.0. The van der Waals surface area contributed by atoms with Crippen LogP contribution in [0.25, 0.3) is 22.6 Å². The number of aromatic nitrogens is 2. The number of ether oxygens (including phenoxy) is 3. The van der Waals surface area contributed by atoms with E-state index in [1.807, 2.05) is 60.7 Å². The van der Waals surface area contributed by atoms with E-state index >= 15 is 0 Å². The Bertz CT molecular complexity index is 1690. The lowest BCUT2D eigenvalue weighted by Gasteiger charge is -2.31. The molecule has 0 saturated carbocycles. The first kappa shape index (κ1) is 30.3. The number of halogens is 2. The van der Waals surface area contributed by atoms with E-state index in [0.29, 0.717) is 13.1 Å². The molecule has 0 radical (unpaired) electrons. The van der Waals surface area contributed by atoms with Gasteiger partial charge in [0.15, 0.2) is 11.5 Å². The van der Waals surface area contributed by atoms with Crippen molar-refractivity contribution in [3.05, 3.63) is 120 Å². The zero-order valence-corrected chi connectivity index (χ0v) is 25.5. The summed E-state index contributed by atoms with van der Waals surface area (Å²) in [4.78, 5) is 7.71. The third-order valence-electron chi connectivity index (χ3n) is 8.12. The van der Waals surface area contributed by atoms with E-state index < -0.39 is 6.61 Å². The van der Waals surface area contributed by atoms with Crippen molar-refractivity contribution < 1.29 is 23.0 Å². The van der Waals surface area contributed by atoms with Crippen LogP contribution in [0, 0.1) is 0 Å². The summed E-state index contributed by atoms with van der Waals surface area (Å²) in [6.45, 7) is 3.79. The molecule has 8 heteroatoms. The summed E-state index contributed by atoms with van der Waals surface area (Å²) in [5, 5.41) is 0. The molecule has 1 atom stereocenters. The molecule has 0 bridgehead atoms. The molecule has 0 spiro atoms. The maximum Gasteiger partial charge on any atom is 0.387 e. The summed E-state index contributed by atoms with van der Waals surface area (Å²) in [6.07, 6.45) is 2.06. The molecule has 0 aliphatic carbocycles. The van der Waals surface area contributed by atoms with Crippen LogP contribution in [0.4, 0.5) is 8.78 Å². The van der Waals surface area contributed by atoms with Gasteiger partial charge in [0, 0.05) is 30.8 Å². The zero-order chi connectivity index (χ0) is 31.2. The van der Waals surface area contributed by atoms with E-state index in [9.17, 15) is 8.78 Å². The van der Waals surface area contributed by atoms with Crippen molar-refractivity contribution in [3.8, 4) is 39.9 Å². The van der Waals surface area contributed by atoms with Gasteiger partial charge in [-0.2, -0.15) is 8.78 Å². The lowest BCUT2D eigenvalue weighted by atomic mass is 10.0. The standard InChI is InChI=1S/C37H37F2N3O3/c1-3-4-21-42-35(34(29-11-7-5-8-12-29)40-36(42)30-13-9-6-10-14-30)26(2)41(23-27-15-18-31(19-16-27)45-37(38)39)24-28-17-20-32-33(22-28)44-25-43-32/h5-20,22,26,37H,3-4,21,23-25H2,1-2H3/t26-/m1/s1. The largest absolute Gasteiger partial charge is 0.454 e. The summed E-state index contributed by atoms with van der Waals surface area (Å²) in [5.74, 6) is 2.56. The van der Waals surface area contributed by atoms with Gasteiger partial charge in [0.25, 0.3) is 0 Å². The Kier molecular flexibility index (Phi) is 9.41. The Morgan fingerprint density at radius 2 is 1.47 bits per heavy atom. The van der Waals surface area contributed by atoms with Crippen molar-refractivity contribution in [1.29, 1.82) is 0 Å². The van der Waals surface area contributed by atoms with E-state index in [2.05, 4.69) is 58.4 Å². The third-order valence-corrected chi connectivity index (χ3v) is 8.12. The first-order valence-corrected chi connectivity index (χ1v) is 15.4. The third kappa shape index (κ3) is 7.02. The Balaban J connectivity index is 1.45. The molecule has 0 saturated heterocycles. The van der Waals surface area contributed by atoms with Gasteiger partial charge in [-0.3, -0.25) is 4.90 Å². The summed E-state index contributed by atoms with van der Waals surface area (Å²) >= 11 is 0. The number of hydrogen-bond acceptors (Lipinski definition) is 5. The highest BCUT2D eigenvalue weighted by Gasteiger charge is 2.28. The van der Waals surface area contributed by atoms with Crippen molar-refractivity contribution >= 4 is 0 Å². The van der Waals surface area contributed by atoms with Crippen LogP contribution in [0.15, 0.2) is 103 Å². The number of rotatable bonds is 13. The minimum Gasteiger partial charge on any atom is -0.454 e. The number of hydrogen-bond donors (Lipinski definition) is 0. The van der Waals surface area contributed by atoms with E-state index in [0.717, 1.165) is 70.4 Å². The van der Waals surface area contributed by atoms with E-state index in [4.69, 9.17) is 14.5 Å². The minimum atomic E-state index is -2.86. The second-order valence-corrected chi connectivity index (χ2v) is 11.2. The minimum absolute atomic E-state index is 0.0792. The Hall–Kier alpha value is -4.69. The van der Waals surface area contributed by atoms with E-state index in [-0.39, 0.29) is 18.6 Å². The van der Waals surface area contributed by atoms with Gasteiger partial charge in [0.1, 0.15) is 11.6 Å². The highest BCUT2D eigenvalue weighted by Crippen LogP contribution is 2.38. The van der Waals surface area contributed by atoms with Crippen LogP contribution in [0.5, 0.6) is 17.2 Å². The van der Waals surface area contributed by atoms with Gasteiger partial charge in [0.05, 0.1) is 17.4 Å². The molecule has 0 unspecified atom stereocenters. The summed E-state index contributed by atoms with van der Waals surface area (Å²) in [5.41, 5.74) is 6.27. The first-order chi connectivity index (χ1) is 22.0. The van der Waals surface area contributed by atoms with Crippen LogP contribution < -0.4 is 14.2 Å². The van der Waals surface area contributed by atoms with Crippen LogP contribution in [-0.2, 0) is 19.6 Å².